The quantitative estimate of drug-likeness (QED) is 0.382. The molecule has 0 aromatic heterocycles. The molecule has 25 heavy (non-hydrogen) atoms. The van der Waals surface area contributed by atoms with Crippen LogP contribution < -0.4 is 4.98 Å². The first-order chi connectivity index (χ1) is 12.1. The Morgan fingerprint density at radius 3 is 0.880 bits per heavy atom. The Labute approximate surface area is 160 Å². The molecule has 0 fully saturated rings. The van der Waals surface area contributed by atoms with Gasteiger partial charge in [-0.05, 0) is 84.3 Å². The van der Waals surface area contributed by atoms with Gasteiger partial charge < -0.3 is 4.98 Å². The maximum Gasteiger partial charge on any atom is 0.374 e. The van der Waals surface area contributed by atoms with Crippen molar-refractivity contribution in [3.05, 3.63) is 0 Å². The van der Waals surface area contributed by atoms with Gasteiger partial charge in [-0.15, -0.1) is 0 Å². The van der Waals surface area contributed by atoms with Crippen molar-refractivity contribution in [3.8, 4) is 0 Å². The van der Waals surface area contributed by atoms with E-state index < -0.39 is 8.72 Å². The van der Waals surface area contributed by atoms with Crippen molar-refractivity contribution < 1.29 is 0 Å². The van der Waals surface area contributed by atoms with Crippen LogP contribution in [0.1, 0.15) is 87.0 Å². The van der Waals surface area contributed by atoms with Gasteiger partial charge in [0.15, 0.2) is 0 Å². The van der Waals surface area contributed by atoms with E-state index in [1.807, 2.05) is 0 Å². The standard InChI is InChI=1S/C20H48N4Si/c1-8-15-22(16-9-2)25(21-14-7,23(17-10-3)18-11-4)24(19-12-5)20-13-6/h21H,8-20H2,1-7H3. The summed E-state index contributed by atoms with van der Waals surface area (Å²) in [6.45, 7) is 24.6. The van der Waals surface area contributed by atoms with E-state index in [-0.39, 0.29) is 0 Å². The van der Waals surface area contributed by atoms with Crippen LogP contribution in [0.25, 0.3) is 0 Å². The largest absolute Gasteiger partial charge is 0.374 e. The van der Waals surface area contributed by atoms with Gasteiger partial charge in [0.05, 0.1) is 0 Å². The Balaban J connectivity index is 6.15. The summed E-state index contributed by atoms with van der Waals surface area (Å²) in [7, 11) is -2.06. The fraction of sp³-hybridized carbons (Fsp3) is 1.00. The van der Waals surface area contributed by atoms with Gasteiger partial charge in [-0.1, -0.05) is 48.5 Å². The van der Waals surface area contributed by atoms with Crippen LogP contribution in [0.5, 0.6) is 0 Å². The molecule has 0 atom stereocenters. The molecule has 5 heteroatoms. The van der Waals surface area contributed by atoms with Gasteiger partial charge in [-0.3, -0.25) is 13.7 Å². The lowest BCUT2D eigenvalue weighted by Crippen LogP contribution is -2.83. The molecule has 0 rings (SSSR count). The zero-order valence-electron chi connectivity index (χ0n) is 18.5. The smallest absolute Gasteiger partial charge is 0.301 e. The van der Waals surface area contributed by atoms with Crippen molar-refractivity contribution in [2.45, 2.75) is 87.0 Å². The summed E-state index contributed by atoms with van der Waals surface area (Å²) in [4.78, 5) is 4.12. The van der Waals surface area contributed by atoms with E-state index in [9.17, 15) is 0 Å². The Bertz CT molecular complexity index is 243. The summed E-state index contributed by atoms with van der Waals surface area (Å²) in [6.07, 6.45) is 7.41. The van der Waals surface area contributed by atoms with Crippen LogP contribution in [0.15, 0.2) is 0 Å². The molecule has 0 unspecified atom stereocenters. The Kier molecular flexibility index (Phi) is 15.2. The molecule has 0 bridgehead atoms. The Hall–Kier alpha value is 0.0569. The van der Waals surface area contributed by atoms with Gasteiger partial charge >= 0.3 is 8.72 Å². The minimum atomic E-state index is -2.06. The van der Waals surface area contributed by atoms with Crippen LogP contribution in [-0.4, -0.2) is 68.2 Å². The highest BCUT2D eigenvalue weighted by Gasteiger charge is 2.50. The van der Waals surface area contributed by atoms with Crippen LogP contribution >= 0.6 is 0 Å². The highest BCUT2D eigenvalue weighted by molar-refractivity contribution is 6.69. The third kappa shape index (κ3) is 7.29. The first-order valence-electron chi connectivity index (χ1n) is 11.1. The fourth-order valence-electron chi connectivity index (χ4n) is 4.06. The molecule has 0 aromatic carbocycles. The van der Waals surface area contributed by atoms with Gasteiger partial charge in [0.25, 0.3) is 0 Å². The second kappa shape index (κ2) is 15.1. The van der Waals surface area contributed by atoms with E-state index >= 15 is 0 Å². The van der Waals surface area contributed by atoms with Crippen LogP contribution in [0, 0.1) is 0 Å². The maximum absolute atomic E-state index is 4.12. The van der Waals surface area contributed by atoms with E-state index in [0.717, 1.165) is 6.54 Å². The predicted octanol–water partition coefficient (Wildman–Crippen LogP) is 4.40. The summed E-state index contributed by atoms with van der Waals surface area (Å²) in [6, 6.07) is 0. The minimum absolute atomic E-state index is 1.06. The topological polar surface area (TPSA) is 21.8 Å². The lowest BCUT2D eigenvalue weighted by Gasteiger charge is -2.54. The second-order valence-electron chi connectivity index (χ2n) is 7.13. The third-order valence-corrected chi connectivity index (χ3v) is 9.51. The molecule has 152 valence electrons. The Morgan fingerprint density at radius 2 is 0.720 bits per heavy atom. The summed E-state index contributed by atoms with van der Waals surface area (Å²) in [5, 5.41) is 0. The molecule has 0 aromatic rings. The van der Waals surface area contributed by atoms with Gasteiger partial charge in [-0.25, -0.2) is 0 Å². The lowest BCUT2D eigenvalue weighted by molar-refractivity contribution is 0.220. The van der Waals surface area contributed by atoms with Crippen molar-refractivity contribution in [3.63, 3.8) is 0 Å². The average molecular weight is 373 g/mol. The summed E-state index contributed by atoms with van der Waals surface area (Å²) < 4.78 is 8.60. The molecule has 0 amide bonds. The van der Waals surface area contributed by atoms with Gasteiger partial charge in [0, 0.05) is 0 Å². The number of hydrogen-bond donors (Lipinski definition) is 1. The predicted molar refractivity (Wildman–Crippen MR) is 116 cm³/mol. The molecule has 0 saturated carbocycles. The van der Waals surface area contributed by atoms with E-state index in [2.05, 4.69) is 67.1 Å². The molecular formula is C20H48N4Si. The molecule has 4 nitrogen and oxygen atoms in total. The van der Waals surface area contributed by atoms with Crippen LogP contribution in [0.3, 0.4) is 0 Å². The normalized spacial score (nSPS) is 12.7. The van der Waals surface area contributed by atoms with Crippen LogP contribution in [-0.2, 0) is 0 Å². The van der Waals surface area contributed by atoms with E-state index in [4.69, 9.17) is 0 Å². The van der Waals surface area contributed by atoms with Crippen LogP contribution in [0.2, 0.25) is 0 Å². The van der Waals surface area contributed by atoms with Crippen LogP contribution in [0.4, 0.5) is 0 Å². The summed E-state index contributed by atoms with van der Waals surface area (Å²) in [5.74, 6) is 0. The molecule has 0 aliphatic heterocycles. The first kappa shape index (κ1) is 25.1. The Morgan fingerprint density at radius 1 is 0.480 bits per heavy atom. The van der Waals surface area contributed by atoms with Crippen molar-refractivity contribution in [1.82, 2.24) is 18.7 Å². The second-order valence-corrected chi connectivity index (χ2v) is 10.6. The lowest BCUT2D eigenvalue weighted by atomic mass is 10.4. The first-order valence-corrected chi connectivity index (χ1v) is 13.0. The molecule has 0 saturated heterocycles. The molecule has 0 radical (unpaired) electrons. The fourth-order valence-corrected chi connectivity index (χ4v) is 9.62. The molecule has 0 aliphatic rings. The van der Waals surface area contributed by atoms with Crippen molar-refractivity contribution in [2.24, 2.45) is 0 Å². The monoisotopic (exact) mass is 372 g/mol. The van der Waals surface area contributed by atoms with Crippen molar-refractivity contribution in [1.29, 1.82) is 0 Å². The minimum Gasteiger partial charge on any atom is -0.301 e. The van der Waals surface area contributed by atoms with E-state index in [0.29, 0.717) is 0 Å². The zero-order chi connectivity index (χ0) is 19.1. The maximum atomic E-state index is 4.12. The van der Waals surface area contributed by atoms with Gasteiger partial charge in [-0.2, -0.15) is 0 Å². The SMILES string of the molecule is CCCN(CCC)[Si](NCC)(N(CCC)CCC)N(CCC)CCC. The zero-order valence-corrected chi connectivity index (χ0v) is 19.5. The van der Waals surface area contributed by atoms with Gasteiger partial charge in [0.2, 0.25) is 0 Å². The van der Waals surface area contributed by atoms with Crippen molar-refractivity contribution >= 4 is 8.72 Å². The van der Waals surface area contributed by atoms with E-state index in [1.165, 1.54) is 77.8 Å². The average Bonchev–Trinajstić information content (AvgIpc) is 2.59. The number of nitrogens with zero attached hydrogens (tertiary/aromatic N) is 3. The summed E-state index contributed by atoms with van der Waals surface area (Å²) >= 11 is 0. The number of rotatable bonds is 17. The van der Waals surface area contributed by atoms with Gasteiger partial charge in [0.1, 0.15) is 0 Å². The molecule has 1 N–H and O–H groups in total. The highest BCUT2D eigenvalue weighted by Crippen LogP contribution is 2.21. The molecule has 0 aliphatic carbocycles. The molecule has 0 heterocycles. The number of nitrogens with one attached hydrogen (secondary N) is 1. The molecular weight excluding hydrogens is 324 g/mol. The number of hydrogen-bond acceptors (Lipinski definition) is 4. The third-order valence-electron chi connectivity index (χ3n) is 4.70. The van der Waals surface area contributed by atoms with Crippen molar-refractivity contribution in [2.75, 3.05) is 45.8 Å². The summed E-state index contributed by atoms with van der Waals surface area (Å²) in [5.41, 5.74) is 0. The highest BCUT2D eigenvalue weighted by atomic mass is 28.4. The van der Waals surface area contributed by atoms with E-state index in [1.54, 1.807) is 0 Å². The molecule has 0 spiro atoms.